The van der Waals surface area contributed by atoms with Crippen LogP contribution in [0.1, 0.15) is 18.1 Å². The van der Waals surface area contributed by atoms with Crippen molar-refractivity contribution < 1.29 is 14.3 Å². The number of ether oxygens (including phenoxy) is 2. The highest BCUT2D eigenvalue weighted by atomic mass is 127. The fraction of sp³-hybridized carbons (Fsp3) is 0.120. The van der Waals surface area contributed by atoms with Crippen LogP contribution < -0.4 is 14.8 Å². The van der Waals surface area contributed by atoms with Crippen LogP contribution in [0.5, 0.6) is 11.5 Å². The third kappa shape index (κ3) is 6.80. The van der Waals surface area contributed by atoms with Crippen LogP contribution in [0.25, 0.3) is 6.08 Å². The van der Waals surface area contributed by atoms with Crippen molar-refractivity contribution in [2.24, 2.45) is 0 Å². The minimum atomic E-state index is -0.612. The molecular weight excluding hydrogens is 610 g/mol. The summed E-state index contributed by atoms with van der Waals surface area (Å²) in [5.41, 5.74) is 1.64. The first-order chi connectivity index (χ1) is 16.3. The Balaban J connectivity index is 1.87. The first kappa shape index (κ1) is 26.2. The molecule has 1 N–H and O–H groups in total. The number of amides is 1. The van der Waals surface area contributed by atoms with Gasteiger partial charge in [-0.1, -0.05) is 53.0 Å². The highest BCUT2D eigenvalue weighted by molar-refractivity contribution is 14.1. The Morgan fingerprint density at radius 2 is 1.85 bits per heavy atom. The third-order valence-corrected chi connectivity index (χ3v) is 6.25. The van der Waals surface area contributed by atoms with Gasteiger partial charge < -0.3 is 14.8 Å². The maximum absolute atomic E-state index is 12.7. The van der Waals surface area contributed by atoms with Crippen molar-refractivity contribution in [3.63, 3.8) is 0 Å². The first-order valence-corrected chi connectivity index (χ1v) is 12.2. The van der Waals surface area contributed by atoms with Gasteiger partial charge in [-0.2, -0.15) is 5.26 Å². The quantitative estimate of drug-likeness (QED) is 0.157. The van der Waals surface area contributed by atoms with E-state index in [4.69, 9.17) is 44.3 Å². The summed E-state index contributed by atoms with van der Waals surface area (Å²) in [5, 5.41) is 13.5. The van der Waals surface area contributed by atoms with E-state index >= 15 is 0 Å². The van der Waals surface area contributed by atoms with Crippen LogP contribution in [-0.2, 0) is 11.4 Å². The van der Waals surface area contributed by atoms with Crippen LogP contribution in [0.2, 0.25) is 15.1 Å². The zero-order valence-electron chi connectivity index (χ0n) is 17.9. The molecule has 0 unspecified atom stereocenters. The average molecular weight is 628 g/mol. The Hall–Kier alpha value is -2.44. The summed E-state index contributed by atoms with van der Waals surface area (Å²) in [6, 6.07) is 17.5. The van der Waals surface area contributed by atoms with E-state index in [1.165, 1.54) is 12.1 Å². The SMILES string of the molecule is CCOc1cc(/C=C(\C#N)C(=O)Nc2cc(Cl)ccc2Cl)cc(I)c1OCc1ccccc1Cl. The fourth-order valence-electron chi connectivity index (χ4n) is 2.94. The molecule has 0 aliphatic heterocycles. The Kier molecular flexibility index (Phi) is 9.48. The molecule has 0 aromatic heterocycles. The number of rotatable bonds is 8. The molecule has 1 amide bonds. The molecule has 9 heteroatoms. The summed E-state index contributed by atoms with van der Waals surface area (Å²) in [7, 11) is 0. The Labute approximate surface area is 226 Å². The van der Waals surface area contributed by atoms with Crippen molar-refractivity contribution >= 4 is 75.1 Å². The number of nitriles is 1. The van der Waals surface area contributed by atoms with Gasteiger partial charge in [0.2, 0.25) is 0 Å². The molecule has 0 spiro atoms. The van der Waals surface area contributed by atoms with Crippen LogP contribution in [0.15, 0.2) is 60.2 Å². The second-order valence-electron chi connectivity index (χ2n) is 6.89. The van der Waals surface area contributed by atoms with Gasteiger partial charge in [-0.3, -0.25) is 4.79 Å². The predicted octanol–water partition coefficient (Wildman–Crippen LogP) is 7.77. The lowest BCUT2D eigenvalue weighted by molar-refractivity contribution is -0.112. The number of nitrogens with one attached hydrogen (secondary N) is 1. The first-order valence-electron chi connectivity index (χ1n) is 10.0. The molecule has 0 atom stereocenters. The van der Waals surface area contributed by atoms with Gasteiger partial charge >= 0.3 is 0 Å². The third-order valence-electron chi connectivity index (χ3n) is 4.51. The zero-order valence-corrected chi connectivity index (χ0v) is 22.3. The standard InChI is InChI=1S/C25H18Cl3IN2O3/c1-2-33-23-11-15(10-21(29)24(23)34-14-16-5-3-4-6-19(16)27)9-17(13-30)25(32)31-22-12-18(26)7-8-20(22)28/h3-12H,2,14H2,1H3,(H,31,32)/b17-9+. The molecule has 0 saturated carbocycles. The van der Waals surface area contributed by atoms with E-state index in [0.29, 0.717) is 44.4 Å². The number of benzene rings is 3. The van der Waals surface area contributed by atoms with Crippen LogP contribution >= 0.6 is 57.4 Å². The molecule has 5 nitrogen and oxygen atoms in total. The number of anilines is 1. The van der Waals surface area contributed by atoms with Gasteiger partial charge in [0.1, 0.15) is 18.2 Å². The largest absolute Gasteiger partial charge is 0.490 e. The van der Waals surface area contributed by atoms with Crippen LogP contribution in [0.4, 0.5) is 5.69 Å². The zero-order chi connectivity index (χ0) is 24.7. The summed E-state index contributed by atoms with van der Waals surface area (Å²) >= 11 is 20.4. The van der Waals surface area contributed by atoms with Gasteiger partial charge in [0.25, 0.3) is 5.91 Å². The van der Waals surface area contributed by atoms with Gasteiger partial charge in [0.05, 0.1) is 20.9 Å². The summed E-state index contributed by atoms with van der Waals surface area (Å²) in [6.45, 7) is 2.53. The molecular formula is C25H18Cl3IN2O3. The number of halogens is 4. The summed E-state index contributed by atoms with van der Waals surface area (Å²) in [5.74, 6) is 0.426. The van der Waals surface area contributed by atoms with Gasteiger partial charge in [-0.05, 0) is 77.6 Å². The summed E-state index contributed by atoms with van der Waals surface area (Å²) in [6.07, 6.45) is 1.47. The van der Waals surface area contributed by atoms with Gasteiger partial charge in [0.15, 0.2) is 11.5 Å². The second kappa shape index (κ2) is 12.3. The van der Waals surface area contributed by atoms with Gasteiger partial charge in [-0.25, -0.2) is 0 Å². The van der Waals surface area contributed by atoms with E-state index in [0.717, 1.165) is 9.13 Å². The highest BCUT2D eigenvalue weighted by Gasteiger charge is 2.16. The van der Waals surface area contributed by atoms with Crippen molar-refractivity contribution in [1.29, 1.82) is 5.26 Å². The van der Waals surface area contributed by atoms with E-state index in [1.807, 2.05) is 31.2 Å². The molecule has 0 saturated heterocycles. The molecule has 0 heterocycles. The lowest BCUT2D eigenvalue weighted by Crippen LogP contribution is -2.13. The molecule has 174 valence electrons. The second-order valence-corrected chi connectivity index (χ2v) is 9.30. The topological polar surface area (TPSA) is 71.3 Å². The van der Waals surface area contributed by atoms with Crippen LogP contribution in [0.3, 0.4) is 0 Å². The highest BCUT2D eigenvalue weighted by Crippen LogP contribution is 2.36. The minimum absolute atomic E-state index is 0.112. The minimum Gasteiger partial charge on any atom is -0.490 e. The summed E-state index contributed by atoms with van der Waals surface area (Å²) < 4.78 is 12.5. The lowest BCUT2D eigenvalue weighted by Gasteiger charge is -2.15. The van der Waals surface area contributed by atoms with Gasteiger partial charge in [-0.15, -0.1) is 0 Å². The van der Waals surface area contributed by atoms with E-state index in [-0.39, 0.29) is 12.2 Å². The number of hydrogen-bond acceptors (Lipinski definition) is 4. The average Bonchev–Trinajstić information content (AvgIpc) is 2.80. The Bertz CT molecular complexity index is 1290. The number of nitrogens with zero attached hydrogens (tertiary/aromatic N) is 1. The molecule has 0 radical (unpaired) electrons. The van der Waals surface area contributed by atoms with Crippen LogP contribution in [0, 0.1) is 14.9 Å². The van der Waals surface area contributed by atoms with Crippen LogP contribution in [-0.4, -0.2) is 12.5 Å². The van der Waals surface area contributed by atoms with Gasteiger partial charge in [0, 0.05) is 15.6 Å². The number of carbonyl (C=O) groups is 1. The molecule has 34 heavy (non-hydrogen) atoms. The van der Waals surface area contributed by atoms with Crippen molar-refractivity contribution in [1.82, 2.24) is 0 Å². The molecule has 0 bridgehead atoms. The Morgan fingerprint density at radius 3 is 2.56 bits per heavy atom. The molecule has 0 aliphatic rings. The maximum Gasteiger partial charge on any atom is 0.266 e. The molecule has 0 aliphatic carbocycles. The van der Waals surface area contributed by atoms with E-state index < -0.39 is 5.91 Å². The monoisotopic (exact) mass is 626 g/mol. The maximum atomic E-state index is 12.7. The van der Waals surface area contributed by atoms with E-state index in [9.17, 15) is 10.1 Å². The summed E-state index contributed by atoms with van der Waals surface area (Å²) in [4.78, 5) is 12.7. The molecule has 3 aromatic carbocycles. The number of hydrogen-bond donors (Lipinski definition) is 1. The molecule has 3 rings (SSSR count). The van der Waals surface area contributed by atoms with Crippen molar-refractivity contribution in [2.75, 3.05) is 11.9 Å². The fourth-order valence-corrected chi connectivity index (χ4v) is 4.25. The van der Waals surface area contributed by atoms with E-state index in [1.54, 1.807) is 30.3 Å². The van der Waals surface area contributed by atoms with E-state index in [2.05, 4.69) is 27.9 Å². The molecule has 3 aromatic rings. The van der Waals surface area contributed by atoms with Crippen molar-refractivity contribution in [2.45, 2.75) is 13.5 Å². The van der Waals surface area contributed by atoms with Crippen molar-refractivity contribution in [3.8, 4) is 17.6 Å². The Morgan fingerprint density at radius 1 is 1.09 bits per heavy atom. The van der Waals surface area contributed by atoms with Crippen molar-refractivity contribution in [3.05, 3.63) is 89.9 Å². The lowest BCUT2D eigenvalue weighted by atomic mass is 10.1. The molecule has 0 fully saturated rings. The number of carbonyl (C=O) groups excluding carboxylic acids is 1. The predicted molar refractivity (Wildman–Crippen MR) is 145 cm³/mol. The smallest absolute Gasteiger partial charge is 0.266 e. The normalized spacial score (nSPS) is 11.0.